The van der Waals surface area contributed by atoms with Gasteiger partial charge in [-0.05, 0) is 12.2 Å². The van der Waals surface area contributed by atoms with Crippen molar-refractivity contribution in [3.05, 3.63) is 12.2 Å². The highest BCUT2D eigenvalue weighted by Gasteiger charge is 2.12. The van der Waals surface area contributed by atoms with Gasteiger partial charge in [-0.15, -0.1) is 0 Å². The summed E-state index contributed by atoms with van der Waals surface area (Å²) in [6.07, 6.45) is 2.79. The topological polar surface area (TPSA) is 81.8 Å². The first-order valence-corrected chi connectivity index (χ1v) is 3.98. The molecule has 2 N–H and O–H groups in total. The van der Waals surface area contributed by atoms with Crippen LogP contribution in [0.5, 0.6) is 0 Å². The van der Waals surface area contributed by atoms with Gasteiger partial charge in [-0.2, -0.15) is 8.42 Å². The van der Waals surface area contributed by atoms with Crippen LogP contribution in [0.25, 0.3) is 0 Å². The first-order valence-electron chi connectivity index (χ1n) is 2.91. The molecule has 1 aliphatic rings. The summed E-state index contributed by atoms with van der Waals surface area (Å²) in [6.45, 7) is 0. The van der Waals surface area contributed by atoms with Gasteiger partial charge in [0.1, 0.15) is 4.86 Å². The maximum atomic E-state index is 10.4. The number of hydrogen-bond donors (Lipinski definition) is 2. The van der Waals surface area contributed by atoms with Gasteiger partial charge in [-0.1, -0.05) is 0 Å². The molecule has 0 aromatic carbocycles. The monoisotopic (exact) mass is 170 g/mol. The fourth-order valence-electron chi connectivity index (χ4n) is 0.753. The Bertz CT molecular complexity index is 367. The Labute approximate surface area is 65.1 Å². The molecule has 58 valence electrons. The normalized spacial score (nSPS) is 17.3. The molecule has 0 amide bonds. The minimum Gasteiger partial charge on any atom is -0.305 e. The largest absolute Gasteiger partial charge is 0.305 e. The fourth-order valence-corrected chi connectivity index (χ4v) is 1.27. The van der Waals surface area contributed by atoms with E-state index in [1.807, 2.05) is 0 Å². The van der Waals surface area contributed by atoms with E-state index in [-0.39, 0.29) is 22.7 Å². The van der Waals surface area contributed by atoms with Gasteiger partial charge in [0.2, 0.25) is 10.3 Å². The van der Waals surface area contributed by atoms with Gasteiger partial charge < -0.3 is 5.41 Å². The van der Waals surface area contributed by atoms with E-state index in [0.29, 0.717) is 0 Å². The van der Waals surface area contributed by atoms with Gasteiger partial charge in [-0.3, -0.25) is 5.41 Å². The van der Waals surface area contributed by atoms with E-state index in [1.165, 1.54) is 12.2 Å². The van der Waals surface area contributed by atoms with Crippen molar-refractivity contribution in [1.82, 2.24) is 0 Å². The van der Waals surface area contributed by atoms with E-state index in [9.17, 15) is 8.42 Å². The van der Waals surface area contributed by atoms with E-state index in [1.54, 1.807) is 0 Å². The maximum Gasteiger partial charge on any atom is 0.219 e. The zero-order chi connectivity index (χ0) is 8.43. The van der Waals surface area contributed by atoms with Crippen molar-refractivity contribution >= 4 is 26.6 Å². The summed E-state index contributed by atoms with van der Waals surface area (Å²) in [5.41, 5.74) is 0.203. The van der Waals surface area contributed by atoms with Crippen LogP contribution in [0.1, 0.15) is 6.42 Å². The van der Waals surface area contributed by atoms with Gasteiger partial charge in [-0.25, -0.2) is 0 Å². The Morgan fingerprint density at radius 3 is 2.36 bits per heavy atom. The summed E-state index contributed by atoms with van der Waals surface area (Å²) in [5, 5.41) is 14.3. The highest BCUT2D eigenvalue weighted by molar-refractivity contribution is 7.75. The van der Waals surface area contributed by atoms with Crippen molar-refractivity contribution in [2.75, 3.05) is 0 Å². The molecule has 0 saturated heterocycles. The Hall–Kier alpha value is -1.23. The second-order valence-electron chi connectivity index (χ2n) is 2.11. The zero-order valence-electron chi connectivity index (χ0n) is 5.59. The van der Waals surface area contributed by atoms with Crippen LogP contribution in [0.3, 0.4) is 0 Å². The summed E-state index contributed by atoms with van der Waals surface area (Å²) < 4.78 is 20.8. The van der Waals surface area contributed by atoms with Crippen molar-refractivity contribution in [2.45, 2.75) is 6.42 Å². The Morgan fingerprint density at radius 2 is 1.91 bits per heavy atom. The Kier molecular flexibility index (Phi) is 2.00. The van der Waals surface area contributed by atoms with Crippen molar-refractivity contribution in [3.63, 3.8) is 0 Å². The molecule has 0 radical (unpaired) electrons. The molecule has 0 aromatic rings. The summed E-state index contributed by atoms with van der Waals surface area (Å²) in [6, 6.07) is 0. The lowest BCUT2D eigenvalue weighted by Crippen LogP contribution is -2.19. The van der Waals surface area contributed by atoms with Gasteiger partial charge in [0, 0.05) is 12.1 Å². The Balaban J connectivity index is 3.25. The average Bonchev–Trinajstić information content (AvgIpc) is 1.94. The van der Waals surface area contributed by atoms with Gasteiger partial charge >= 0.3 is 0 Å². The molecule has 5 heteroatoms. The van der Waals surface area contributed by atoms with Crippen LogP contribution in [0.15, 0.2) is 12.2 Å². The highest BCUT2D eigenvalue weighted by atomic mass is 32.2. The third-order valence-electron chi connectivity index (χ3n) is 1.30. The molecule has 0 saturated carbocycles. The van der Waals surface area contributed by atoms with Gasteiger partial charge in [0.25, 0.3) is 0 Å². The standard InChI is InChI=1S/C6H6N2O2S/c7-4-1-2-5(8)6(3-4)11(9)10/h1-2,7-8H,3H2. The molecule has 0 aromatic heterocycles. The molecule has 0 fully saturated rings. The lowest BCUT2D eigenvalue weighted by atomic mass is 10.0. The maximum absolute atomic E-state index is 10.4. The lowest BCUT2D eigenvalue weighted by Gasteiger charge is -2.04. The van der Waals surface area contributed by atoms with Crippen LogP contribution < -0.4 is 0 Å². The van der Waals surface area contributed by atoms with Crippen molar-refractivity contribution in [3.8, 4) is 0 Å². The van der Waals surface area contributed by atoms with Gasteiger partial charge in [0.15, 0.2) is 0 Å². The molecule has 4 nitrogen and oxygen atoms in total. The second kappa shape index (κ2) is 2.79. The molecule has 1 rings (SSSR count). The molecule has 0 bridgehead atoms. The van der Waals surface area contributed by atoms with Crippen molar-refractivity contribution in [2.24, 2.45) is 0 Å². The van der Waals surface area contributed by atoms with Crippen LogP contribution in [0.4, 0.5) is 0 Å². The fraction of sp³-hybridized carbons (Fsp3) is 0.167. The molecule has 0 heterocycles. The van der Waals surface area contributed by atoms with Crippen LogP contribution in [0, 0.1) is 10.8 Å². The predicted octanol–water partition coefficient (Wildman–Crippen LogP) is 0.0373. The van der Waals surface area contributed by atoms with Gasteiger partial charge in [0.05, 0.1) is 5.71 Å². The van der Waals surface area contributed by atoms with E-state index < -0.39 is 10.3 Å². The Morgan fingerprint density at radius 1 is 1.27 bits per heavy atom. The predicted molar refractivity (Wildman–Crippen MR) is 43.1 cm³/mol. The highest BCUT2D eigenvalue weighted by Crippen LogP contribution is 1.99. The average molecular weight is 170 g/mol. The molecule has 0 aliphatic heterocycles. The quantitative estimate of drug-likeness (QED) is 0.503. The molecule has 0 atom stereocenters. The summed E-state index contributed by atoms with van der Waals surface area (Å²) in [7, 11) is -2.35. The number of nitrogens with one attached hydrogen (secondary N) is 2. The lowest BCUT2D eigenvalue weighted by molar-refractivity contribution is 0.627. The minimum atomic E-state index is -2.35. The van der Waals surface area contributed by atoms with E-state index in [2.05, 4.69) is 0 Å². The number of allylic oxidation sites excluding steroid dienone is 2. The van der Waals surface area contributed by atoms with Crippen LogP contribution in [0.2, 0.25) is 0 Å². The summed E-state index contributed by atoms with van der Waals surface area (Å²) in [4.78, 5) is -0.00231. The SMILES string of the molecule is N=C1C=CC(=N)C(=S(=O)=O)C1. The van der Waals surface area contributed by atoms with Crippen LogP contribution >= 0.6 is 0 Å². The van der Waals surface area contributed by atoms with E-state index in [0.717, 1.165) is 0 Å². The molecule has 11 heavy (non-hydrogen) atoms. The molecule has 0 unspecified atom stereocenters. The zero-order valence-corrected chi connectivity index (χ0v) is 6.40. The first-order chi connectivity index (χ1) is 5.11. The number of rotatable bonds is 0. The molecular weight excluding hydrogens is 164 g/mol. The molecule has 1 aliphatic carbocycles. The van der Waals surface area contributed by atoms with Crippen LogP contribution in [-0.4, -0.2) is 24.7 Å². The summed E-state index contributed by atoms with van der Waals surface area (Å²) >= 11 is 0. The van der Waals surface area contributed by atoms with Crippen molar-refractivity contribution < 1.29 is 8.42 Å². The molecule has 0 spiro atoms. The third-order valence-corrected chi connectivity index (χ3v) is 2.07. The van der Waals surface area contributed by atoms with E-state index >= 15 is 0 Å². The number of hydrogen-bond acceptors (Lipinski definition) is 4. The summed E-state index contributed by atoms with van der Waals surface area (Å²) in [5.74, 6) is 0. The molecular formula is C6H6N2O2S. The van der Waals surface area contributed by atoms with Crippen LogP contribution in [-0.2, 0) is 10.3 Å². The van der Waals surface area contributed by atoms with E-state index in [4.69, 9.17) is 10.8 Å². The first kappa shape index (κ1) is 7.87. The second-order valence-corrected chi connectivity index (χ2v) is 3.07. The smallest absolute Gasteiger partial charge is 0.219 e. The minimum absolute atomic E-state index is 0.00231. The third kappa shape index (κ3) is 1.62. The van der Waals surface area contributed by atoms with Crippen molar-refractivity contribution in [1.29, 1.82) is 10.8 Å².